The predicted molar refractivity (Wildman–Crippen MR) is 73.4 cm³/mol. The Kier molecular flexibility index (Phi) is 3.67. The van der Waals surface area contributed by atoms with Gasteiger partial charge in [-0.2, -0.15) is 0 Å². The third-order valence-corrected chi connectivity index (χ3v) is 4.85. The predicted octanol–water partition coefficient (Wildman–Crippen LogP) is 0.209. The summed E-state index contributed by atoms with van der Waals surface area (Å²) in [7, 11) is 0. The van der Waals surface area contributed by atoms with Gasteiger partial charge < -0.3 is 10.2 Å². The third-order valence-electron chi connectivity index (χ3n) is 4.85. The van der Waals surface area contributed by atoms with Crippen LogP contribution in [-0.4, -0.2) is 26.2 Å². The molecule has 0 aliphatic carbocycles. The van der Waals surface area contributed by atoms with Crippen LogP contribution < -0.4 is 10.2 Å². The van der Waals surface area contributed by atoms with E-state index in [4.69, 9.17) is 0 Å². The summed E-state index contributed by atoms with van der Waals surface area (Å²) in [6.45, 7) is 6.73. The van der Waals surface area contributed by atoms with Crippen molar-refractivity contribution < 1.29 is 10.2 Å². The highest BCUT2D eigenvalue weighted by molar-refractivity contribution is 5.13. The zero-order valence-electron chi connectivity index (χ0n) is 11.3. The third kappa shape index (κ3) is 2.76. The summed E-state index contributed by atoms with van der Waals surface area (Å²) in [5.41, 5.74) is 2.17. The molecule has 2 aliphatic heterocycles. The van der Waals surface area contributed by atoms with E-state index in [-0.39, 0.29) is 0 Å². The first-order chi connectivity index (χ1) is 8.86. The molecule has 0 aromatic heterocycles. The summed E-state index contributed by atoms with van der Waals surface area (Å²) in [4.78, 5) is 1.81. The zero-order valence-corrected chi connectivity index (χ0v) is 11.3. The smallest absolute Gasteiger partial charge is 0.103 e. The monoisotopic (exact) mass is 246 g/mol. The number of likely N-dealkylation sites (tertiary alicyclic amines) is 1. The molecule has 0 amide bonds. The Bertz CT molecular complexity index is 362. The van der Waals surface area contributed by atoms with E-state index in [9.17, 15) is 0 Å². The fourth-order valence-electron chi connectivity index (χ4n) is 3.98. The lowest BCUT2D eigenvalue weighted by molar-refractivity contribution is -0.929. The largest absolute Gasteiger partial charge is 0.346 e. The zero-order chi connectivity index (χ0) is 12.3. The Labute approximate surface area is 110 Å². The first-order valence-electron chi connectivity index (χ1n) is 7.56. The van der Waals surface area contributed by atoms with Gasteiger partial charge in [0.2, 0.25) is 0 Å². The molecule has 2 atom stereocenters. The first-order valence-corrected chi connectivity index (χ1v) is 7.56. The number of benzene rings is 1. The molecule has 0 radical (unpaired) electrons. The molecule has 3 rings (SSSR count). The molecular formula is C16H26N2+2. The molecule has 1 spiro atoms. The van der Waals surface area contributed by atoms with Crippen LogP contribution in [-0.2, 0) is 6.54 Å². The molecule has 1 aromatic carbocycles. The van der Waals surface area contributed by atoms with Gasteiger partial charge in [-0.05, 0) is 25.7 Å². The van der Waals surface area contributed by atoms with E-state index in [1.807, 2.05) is 4.90 Å². The van der Waals surface area contributed by atoms with Gasteiger partial charge in [-0.15, -0.1) is 0 Å². The molecular weight excluding hydrogens is 220 g/mol. The second-order valence-corrected chi connectivity index (χ2v) is 6.33. The average molecular weight is 246 g/mol. The maximum absolute atomic E-state index is 2.55. The summed E-state index contributed by atoms with van der Waals surface area (Å²) in [6.07, 6.45) is 5.80. The second kappa shape index (κ2) is 5.41. The van der Waals surface area contributed by atoms with Crippen LogP contribution in [0.5, 0.6) is 0 Å². The molecule has 1 aromatic rings. The minimum atomic E-state index is 0.667. The van der Waals surface area contributed by atoms with Crippen LogP contribution >= 0.6 is 0 Å². The molecule has 18 heavy (non-hydrogen) atoms. The van der Waals surface area contributed by atoms with E-state index in [1.165, 1.54) is 64.0 Å². The van der Waals surface area contributed by atoms with Gasteiger partial charge in [-0.3, -0.25) is 0 Å². The van der Waals surface area contributed by atoms with Gasteiger partial charge in [0.1, 0.15) is 6.54 Å². The quantitative estimate of drug-likeness (QED) is 0.744. The van der Waals surface area contributed by atoms with Crippen LogP contribution in [0.4, 0.5) is 0 Å². The molecule has 1 unspecified atom stereocenters. The highest BCUT2D eigenvalue weighted by Crippen LogP contribution is 2.29. The van der Waals surface area contributed by atoms with Crippen LogP contribution in [0, 0.1) is 5.41 Å². The molecule has 2 fully saturated rings. The van der Waals surface area contributed by atoms with Gasteiger partial charge >= 0.3 is 0 Å². The van der Waals surface area contributed by atoms with Gasteiger partial charge in [0, 0.05) is 5.56 Å². The summed E-state index contributed by atoms with van der Waals surface area (Å²) >= 11 is 0. The Morgan fingerprint density at radius 3 is 2.72 bits per heavy atom. The summed E-state index contributed by atoms with van der Waals surface area (Å²) in [6, 6.07) is 11.0. The van der Waals surface area contributed by atoms with Crippen molar-refractivity contribution in [1.29, 1.82) is 0 Å². The molecule has 2 nitrogen and oxygen atoms in total. The summed E-state index contributed by atoms with van der Waals surface area (Å²) in [5.74, 6) is 0. The number of quaternary nitrogens is 2. The fourth-order valence-corrected chi connectivity index (χ4v) is 3.98. The Hall–Kier alpha value is -0.860. The molecule has 2 heterocycles. The highest BCUT2D eigenvalue weighted by Gasteiger charge is 2.41. The lowest BCUT2D eigenvalue weighted by Gasteiger charge is -2.41. The van der Waals surface area contributed by atoms with Gasteiger partial charge in [0.05, 0.1) is 31.6 Å². The molecule has 2 aliphatic rings. The van der Waals surface area contributed by atoms with Crippen molar-refractivity contribution in [3.8, 4) is 0 Å². The van der Waals surface area contributed by atoms with E-state index in [0.29, 0.717) is 5.41 Å². The van der Waals surface area contributed by atoms with Crippen LogP contribution in [0.25, 0.3) is 0 Å². The summed E-state index contributed by atoms with van der Waals surface area (Å²) in [5, 5.41) is 2.55. The normalized spacial score (nSPS) is 32.6. The Morgan fingerprint density at radius 2 is 1.94 bits per heavy atom. The van der Waals surface area contributed by atoms with E-state index < -0.39 is 0 Å². The highest BCUT2D eigenvalue weighted by atomic mass is 15.1. The van der Waals surface area contributed by atoms with E-state index in [1.54, 1.807) is 0 Å². The minimum absolute atomic E-state index is 0.667. The van der Waals surface area contributed by atoms with Crippen LogP contribution in [0.3, 0.4) is 0 Å². The number of piperidine rings is 2. The lowest BCUT2D eigenvalue weighted by atomic mass is 9.74. The fraction of sp³-hybridized carbons (Fsp3) is 0.625. The minimum Gasteiger partial charge on any atom is -0.346 e. The standard InChI is InChI=1S/C16H24N2/c1-2-6-15(7-3-1)12-18-11-5-9-16(14-18)8-4-10-17-13-16/h1-3,6-7,17H,4-5,8-14H2/p+2/t16-/m0/s1. The number of hydrogen-bond donors (Lipinski definition) is 2. The maximum atomic E-state index is 2.55. The lowest BCUT2D eigenvalue weighted by Crippen LogP contribution is -3.14. The molecule has 0 saturated carbocycles. The van der Waals surface area contributed by atoms with E-state index >= 15 is 0 Å². The van der Waals surface area contributed by atoms with E-state index in [0.717, 1.165) is 0 Å². The van der Waals surface area contributed by atoms with Crippen molar-refractivity contribution in [2.45, 2.75) is 32.2 Å². The topological polar surface area (TPSA) is 21.1 Å². The molecule has 2 saturated heterocycles. The van der Waals surface area contributed by atoms with Gasteiger partial charge in [0.15, 0.2) is 0 Å². The summed E-state index contributed by atoms with van der Waals surface area (Å²) < 4.78 is 0. The first kappa shape index (κ1) is 12.2. The Morgan fingerprint density at radius 1 is 1.11 bits per heavy atom. The van der Waals surface area contributed by atoms with Gasteiger partial charge in [0.25, 0.3) is 0 Å². The van der Waals surface area contributed by atoms with Crippen molar-refractivity contribution in [2.24, 2.45) is 5.41 Å². The van der Waals surface area contributed by atoms with Gasteiger partial charge in [-0.1, -0.05) is 30.3 Å². The molecule has 3 N–H and O–H groups in total. The number of nitrogens with one attached hydrogen (secondary N) is 1. The number of nitrogens with two attached hydrogens (primary N) is 1. The van der Waals surface area contributed by atoms with Crippen molar-refractivity contribution in [2.75, 3.05) is 26.2 Å². The van der Waals surface area contributed by atoms with Crippen molar-refractivity contribution in [1.82, 2.24) is 0 Å². The number of rotatable bonds is 2. The van der Waals surface area contributed by atoms with E-state index in [2.05, 4.69) is 35.6 Å². The van der Waals surface area contributed by atoms with Crippen molar-refractivity contribution in [3.63, 3.8) is 0 Å². The molecule has 0 bridgehead atoms. The Balaban J connectivity index is 1.63. The average Bonchev–Trinajstić information content (AvgIpc) is 2.41. The van der Waals surface area contributed by atoms with Crippen LogP contribution in [0.15, 0.2) is 30.3 Å². The van der Waals surface area contributed by atoms with Crippen LogP contribution in [0.2, 0.25) is 0 Å². The molecule has 2 heteroatoms. The van der Waals surface area contributed by atoms with Crippen molar-refractivity contribution in [3.05, 3.63) is 35.9 Å². The maximum Gasteiger partial charge on any atom is 0.103 e. The van der Waals surface area contributed by atoms with Crippen LogP contribution in [0.1, 0.15) is 31.2 Å². The van der Waals surface area contributed by atoms with Crippen molar-refractivity contribution >= 4 is 0 Å². The molecule has 98 valence electrons. The van der Waals surface area contributed by atoms with Gasteiger partial charge in [-0.25, -0.2) is 0 Å². The SMILES string of the molecule is c1ccc(C[NH+]2CCC[C@]3(CCC[NH2+]C3)C2)cc1. The second-order valence-electron chi connectivity index (χ2n) is 6.33. The number of hydrogen-bond acceptors (Lipinski definition) is 0.